The molecule has 2 N–H and O–H groups in total. The molecule has 5 nitrogen and oxygen atoms in total. The molecule has 0 fully saturated rings. The van der Waals surface area contributed by atoms with Gasteiger partial charge in [0.25, 0.3) is 0 Å². The average molecular weight is 283 g/mol. The summed E-state index contributed by atoms with van der Waals surface area (Å²) in [5.41, 5.74) is 6.90. The zero-order valence-corrected chi connectivity index (χ0v) is 12.7. The van der Waals surface area contributed by atoms with Crippen LogP contribution >= 0.6 is 11.8 Å². The molecular formula is C13H21N3O2S. The minimum absolute atomic E-state index is 0.375. The Balaban J connectivity index is 2.41. The first-order valence-electron chi connectivity index (χ1n) is 6.17. The molecule has 1 aromatic heterocycles. The molecule has 1 unspecified atom stereocenters. The highest BCUT2D eigenvalue weighted by Gasteiger charge is 2.28. The lowest BCUT2D eigenvalue weighted by atomic mass is 9.98. The maximum atomic E-state index is 11.4. The van der Waals surface area contributed by atoms with Crippen molar-refractivity contribution in [1.82, 2.24) is 9.97 Å². The van der Waals surface area contributed by atoms with Crippen LogP contribution in [0.5, 0.6) is 0 Å². The minimum Gasteiger partial charge on any atom is -0.468 e. The van der Waals surface area contributed by atoms with Crippen molar-refractivity contribution in [1.29, 1.82) is 0 Å². The fourth-order valence-electron chi connectivity index (χ4n) is 1.70. The van der Waals surface area contributed by atoms with Crippen LogP contribution < -0.4 is 5.73 Å². The van der Waals surface area contributed by atoms with Crippen LogP contribution in [0.25, 0.3) is 0 Å². The zero-order valence-electron chi connectivity index (χ0n) is 11.9. The highest BCUT2D eigenvalue weighted by atomic mass is 32.2. The number of aromatic nitrogens is 2. The summed E-state index contributed by atoms with van der Waals surface area (Å²) in [4.78, 5) is 20.1. The lowest BCUT2D eigenvalue weighted by Gasteiger charge is -2.20. The third kappa shape index (κ3) is 5.16. The number of esters is 1. The van der Waals surface area contributed by atoms with Crippen LogP contribution in [0, 0.1) is 13.8 Å². The van der Waals surface area contributed by atoms with Crippen molar-refractivity contribution in [3.05, 3.63) is 17.5 Å². The standard InChI is InChI=1S/C13H21N3O2S/c1-9-8-10(2)16-12(15-9)19-7-5-6-13(3,14)11(17)18-4/h8H,5-7,14H2,1-4H3. The first-order chi connectivity index (χ1) is 8.85. The van der Waals surface area contributed by atoms with Gasteiger partial charge in [-0.05, 0) is 39.7 Å². The molecule has 1 heterocycles. The van der Waals surface area contributed by atoms with E-state index in [1.54, 1.807) is 18.7 Å². The maximum Gasteiger partial charge on any atom is 0.325 e. The molecule has 0 aliphatic carbocycles. The van der Waals surface area contributed by atoms with Crippen molar-refractivity contribution in [2.75, 3.05) is 12.9 Å². The van der Waals surface area contributed by atoms with Crippen molar-refractivity contribution in [2.24, 2.45) is 5.73 Å². The van der Waals surface area contributed by atoms with Crippen LogP contribution in [0.4, 0.5) is 0 Å². The summed E-state index contributed by atoms with van der Waals surface area (Å²) in [7, 11) is 1.35. The summed E-state index contributed by atoms with van der Waals surface area (Å²) in [6.07, 6.45) is 1.39. The van der Waals surface area contributed by atoms with Gasteiger partial charge in [0.2, 0.25) is 0 Å². The molecule has 19 heavy (non-hydrogen) atoms. The van der Waals surface area contributed by atoms with E-state index in [1.807, 2.05) is 19.9 Å². The summed E-state index contributed by atoms with van der Waals surface area (Å²) < 4.78 is 4.67. The van der Waals surface area contributed by atoms with Gasteiger partial charge in [0.1, 0.15) is 5.54 Å². The smallest absolute Gasteiger partial charge is 0.325 e. The predicted molar refractivity (Wildman–Crippen MR) is 76.1 cm³/mol. The molecule has 1 rings (SSSR count). The quantitative estimate of drug-likeness (QED) is 0.371. The Morgan fingerprint density at radius 1 is 1.42 bits per heavy atom. The monoisotopic (exact) mass is 283 g/mol. The zero-order chi connectivity index (χ0) is 14.5. The third-order valence-electron chi connectivity index (χ3n) is 2.69. The van der Waals surface area contributed by atoms with Crippen LogP contribution in [0.15, 0.2) is 11.2 Å². The van der Waals surface area contributed by atoms with Crippen molar-refractivity contribution in [3.63, 3.8) is 0 Å². The Morgan fingerprint density at radius 3 is 2.53 bits per heavy atom. The van der Waals surface area contributed by atoms with E-state index in [0.29, 0.717) is 6.42 Å². The van der Waals surface area contributed by atoms with Gasteiger partial charge in [-0.15, -0.1) is 0 Å². The highest BCUT2D eigenvalue weighted by Crippen LogP contribution is 2.18. The number of nitrogens with two attached hydrogens (primary N) is 1. The maximum absolute atomic E-state index is 11.4. The molecule has 0 aliphatic rings. The number of carbonyl (C=O) groups is 1. The SMILES string of the molecule is COC(=O)C(C)(N)CCCSc1nc(C)cc(C)n1. The fraction of sp³-hybridized carbons (Fsp3) is 0.615. The van der Waals surface area contributed by atoms with Gasteiger partial charge in [-0.1, -0.05) is 11.8 Å². The number of methoxy groups -OCH3 is 1. The second kappa shape index (κ2) is 6.86. The second-order valence-electron chi connectivity index (χ2n) is 4.79. The molecule has 0 bridgehead atoms. The van der Waals surface area contributed by atoms with Crippen LogP contribution in [0.3, 0.4) is 0 Å². The average Bonchev–Trinajstić information content (AvgIpc) is 2.32. The van der Waals surface area contributed by atoms with Gasteiger partial charge in [0, 0.05) is 17.1 Å². The summed E-state index contributed by atoms with van der Waals surface area (Å²) >= 11 is 1.58. The van der Waals surface area contributed by atoms with E-state index < -0.39 is 5.54 Å². The molecule has 0 aromatic carbocycles. The summed E-state index contributed by atoms with van der Waals surface area (Å²) in [5, 5.41) is 0.772. The van der Waals surface area contributed by atoms with E-state index in [1.165, 1.54) is 7.11 Å². The van der Waals surface area contributed by atoms with Gasteiger partial charge >= 0.3 is 5.97 Å². The first-order valence-corrected chi connectivity index (χ1v) is 7.16. The number of carbonyl (C=O) groups excluding carboxylic acids is 1. The molecule has 1 aromatic rings. The van der Waals surface area contributed by atoms with Gasteiger partial charge in [-0.25, -0.2) is 9.97 Å². The Labute approximate surface area is 118 Å². The second-order valence-corrected chi connectivity index (χ2v) is 5.86. The highest BCUT2D eigenvalue weighted by molar-refractivity contribution is 7.99. The molecule has 6 heteroatoms. The molecule has 0 radical (unpaired) electrons. The van der Waals surface area contributed by atoms with Gasteiger partial charge in [0.15, 0.2) is 5.16 Å². The molecule has 0 saturated heterocycles. The number of thioether (sulfide) groups is 1. The molecule has 0 amide bonds. The third-order valence-corrected chi connectivity index (χ3v) is 3.62. The van der Waals surface area contributed by atoms with Crippen molar-refractivity contribution in [2.45, 2.75) is 44.3 Å². The lowest BCUT2D eigenvalue weighted by molar-refractivity contribution is -0.146. The topological polar surface area (TPSA) is 78.1 Å². The number of nitrogens with zero attached hydrogens (tertiary/aromatic N) is 2. The predicted octanol–water partition coefficient (Wildman–Crippen LogP) is 1.86. The van der Waals surface area contributed by atoms with Crippen LogP contribution in [0.1, 0.15) is 31.2 Å². The number of aryl methyl sites for hydroxylation is 2. The van der Waals surface area contributed by atoms with Crippen molar-refractivity contribution in [3.8, 4) is 0 Å². The van der Waals surface area contributed by atoms with Crippen LogP contribution in [-0.4, -0.2) is 34.3 Å². The largest absolute Gasteiger partial charge is 0.468 e. The molecule has 0 aliphatic heterocycles. The number of hydrogen-bond donors (Lipinski definition) is 1. The molecule has 1 atom stereocenters. The van der Waals surface area contributed by atoms with Crippen molar-refractivity contribution >= 4 is 17.7 Å². The van der Waals surface area contributed by atoms with E-state index >= 15 is 0 Å². The van der Waals surface area contributed by atoms with Crippen LogP contribution in [-0.2, 0) is 9.53 Å². The molecule has 106 valence electrons. The van der Waals surface area contributed by atoms with E-state index in [2.05, 4.69) is 14.7 Å². The molecule has 0 saturated carbocycles. The normalized spacial score (nSPS) is 13.9. The van der Waals surface area contributed by atoms with Gasteiger partial charge in [0.05, 0.1) is 7.11 Å². The Hall–Kier alpha value is -1.14. The lowest BCUT2D eigenvalue weighted by Crippen LogP contribution is -2.45. The number of hydrogen-bond acceptors (Lipinski definition) is 6. The first kappa shape index (κ1) is 15.9. The van der Waals surface area contributed by atoms with E-state index in [0.717, 1.165) is 28.7 Å². The Bertz CT molecular complexity index is 429. The van der Waals surface area contributed by atoms with Gasteiger partial charge < -0.3 is 10.5 Å². The summed E-state index contributed by atoms with van der Waals surface area (Å²) in [6, 6.07) is 1.94. The van der Waals surface area contributed by atoms with Gasteiger partial charge in [-0.2, -0.15) is 0 Å². The number of rotatable bonds is 6. The van der Waals surface area contributed by atoms with Crippen molar-refractivity contribution < 1.29 is 9.53 Å². The molecule has 0 spiro atoms. The minimum atomic E-state index is -0.918. The molecular weight excluding hydrogens is 262 g/mol. The fourth-order valence-corrected chi connectivity index (χ4v) is 2.58. The van der Waals surface area contributed by atoms with E-state index in [-0.39, 0.29) is 5.97 Å². The van der Waals surface area contributed by atoms with E-state index in [9.17, 15) is 4.79 Å². The summed E-state index contributed by atoms with van der Waals surface area (Å²) in [5.74, 6) is 0.451. The van der Waals surface area contributed by atoms with E-state index in [4.69, 9.17) is 5.73 Å². The Morgan fingerprint density at radius 2 is 2.00 bits per heavy atom. The van der Waals surface area contributed by atoms with Crippen LogP contribution in [0.2, 0.25) is 0 Å². The van der Waals surface area contributed by atoms with Gasteiger partial charge in [-0.3, -0.25) is 4.79 Å². The number of ether oxygens (including phenoxy) is 1. The Kier molecular flexibility index (Phi) is 5.75. The summed E-state index contributed by atoms with van der Waals surface area (Å²) in [6.45, 7) is 5.59.